The number of rotatable bonds is 4. The molecule has 1 N–H and O–H groups in total. The maximum absolute atomic E-state index is 10.7. The highest BCUT2D eigenvalue weighted by atomic mass is 16.7. The van der Waals surface area contributed by atoms with Gasteiger partial charge in [-0.3, -0.25) is 0 Å². The van der Waals surface area contributed by atoms with Crippen molar-refractivity contribution >= 4 is 0 Å². The van der Waals surface area contributed by atoms with Crippen molar-refractivity contribution in [3.63, 3.8) is 0 Å². The zero-order valence-corrected chi connectivity index (χ0v) is 11.6. The SMILES string of the molecule is CC1=CC(O)(CCC2OC=CO2)CC(C(C)C)C1. The number of allylic oxidation sites excluding steroid dienone is 1. The van der Waals surface area contributed by atoms with Gasteiger partial charge in [0.15, 0.2) is 0 Å². The summed E-state index contributed by atoms with van der Waals surface area (Å²) < 4.78 is 10.5. The lowest BCUT2D eigenvalue weighted by Crippen LogP contribution is -2.35. The lowest BCUT2D eigenvalue weighted by atomic mass is 9.73. The predicted octanol–water partition coefficient (Wildman–Crippen LogP) is 3.35. The Labute approximate surface area is 109 Å². The smallest absolute Gasteiger partial charge is 0.239 e. The van der Waals surface area contributed by atoms with Crippen LogP contribution in [0.25, 0.3) is 0 Å². The summed E-state index contributed by atoms with van der Waals surface area (Å²) in [7, 11) is 0. The molecule has 2 rings (SSSR count). The fraction of sp³-hybridized carbons (Fsp3) is 0.733. The molecule has 1 heterocycles. The fourth-order valence-electron chi connectivity index (χ4n) is 2.94. The Morgan fingerprint density at radius 1 is 1.39 bits per heavy atom. The van der Waals surface area contributed by atoms with Crippen molar-refractivity contribution in [2.45, 2.75) is 58.3 Å². The van der Waals surface area contributed by atoms with Crippen LogP contribution in [0.2, 0.25) is 0 Å². The lowest BCUT2D eigenvalue weighted by Gasteiger charge is -2.37. The van der Waals surface area contributed by atoms with Crippen LogP contribution in [0.4, 0.5) is 0 Å². The predicted molar refractivity (Wildman–Crippen MR) is 70.6 cm³/mol. The molecule has 0 saturated carbocycles. The number of hydrogen-bond donors (Lipinski definition) is 1. The van der Waals surface area contributed by atoms with Crippen molar-refractivity contribution in [2.75, 3.05) is 0 Å². The Hall–Kier alpha value is -0.960. The zero-order chi connectivity index (χ0) is 13.2. The summed E-state index contributed by atoms with van der Waals surface area (Å²) in [5, 5.41) is 10.7. The molecule has 1 aliphatic heterocycles. The van der Waals surface area contributed by atoms with E-state index < -0.39 is 5.60 Å². The largest absolute Gasteiger partial charge is 0.459 e. The molecule has 2 unspecified atom stereocenters. The minimum absolute atomic E-state index is 0.220. The van der Waals surface area contributed by atoms with Gasteiger partial charge in [-0.15, -0.1) is 0 Å². The molecule has 102 valence electrons. The van der Waals surface area contributed by atoms with Gasteiger partial charge in [-0.25, -0.2) is 0 Å². The third-order valence-electron chi connectivity index (χ3n) is 3.99. The van der Waals surface area contributed by atoms with Crippen molar-refractivity contribution < 1.29 is 14.6 Å². The van der Waals surface area contributed by atoms with Gasteiger partial charge in [0.2, 0.25) is 6.29 Å². The van der Waals surface area contributed by atoms with E-state index in [1.165, 1.54) is 5.57 Å². The molecule has 0 fully saturated rings. The maximum Gasteiger partial charge on any atom is 0.239 e. The molecule has 18 heavy (non-hydrogen) atoms. The minimum atomic E-state index is -0.688. The van der Waals surface area contributed by atoms with Crippen LogP contribution >= 0.6 is 0 Å². The quantitative estimate of drug-likeness (QED) is 0.780. The van der Waals surface area contributed by atoms with Gasteiger partial charge >= 0.3 is 0 Å². The van der Waals surface area contributed by atoms with Gasteiger partial charge in [-0.2, -0.15) is 0 Å². The van der Waals surface area contributed by atoms with Crippen LogP contribution in [-0.4, -0.2) is 17.0 Å². The van der Waals surface area contributed by atoms with E-state index in [4.69, 9.17) is 9.47 Å². The van der Waals surface area contributed by atoms with Gasteiger partial charge in [-0.1, -0.05) is 25.5 Å². The normalized spacial score (nSPS) is 32.3. The van der Waals surface area contributed by atoms with Gasteiger partial charge in [0.05, 0.1) is 5.60 Å². The van der Waals surface area contributed by atoms with E-state index in [2.05, 4.69) is 20.8 Å². The molecule has 2 atom stereocenters. The summed E-state index contributed by atoms with van der Waals surface area (Å²) >= 11 is 0. The van der Waals surface area contributed by atoms with Crippen molar-refractivity contribution in [2.24, 2.45) is 11.8 Å². The lowest BCUT2D eigenvalue weighted by molar-refractivity contribution is -0.0502. The molecule has 3 nitrogen and oxygen atoms in total. The van der Waals surface area contributed by atoms with E-state index in [9.17, 15) is 5.11 Å². The standard InChI is InChI=1S/C15H24O3/c1-11(2)13-8-12(3)9-15(16,10-13)5-4-14-17-6-7-18-14/h6-7,9,11,13-14,16H,4-5,8,10H2,1-3H3. The van der Waals surface area contributed by atoms with Crippen LogP contribution in [0, 0.1) is 11.8 Å². The summed E-state index contributed by atoms with van der Waals surface area (Å²) in [6, 6.07) is 0. The van der Waals surface area contributed by atoms with Crippen LogP contribution in [-0.2, 0) is 9.47 Å². The maximum atomic E-state index is 10.7. The van der Waals surface area contributed by atoms with E-state index >= 15 is 0 Å². The third kappa shape index (κ3) is 3.29. The van der Waals surface area contributed by atoms with E-state index in [1.807, 2.05) is 6.08 Å². The van der Waals surface area contributed by atoms with E-state index in [-0.39, 0.29) is 6.29 Å². The van der Waals surface area contributed by atoms with Crippen LogP contribution in [0.15, 0.2) is 24.2 Å². The molecular formula is C15H24O3. The Bertz CT molecular complexity index is 338. The first-order valence-corrected chi connectivity index (χ1v) is 6.85. The highest BCUT2D eigenvalue weighted by Crippen LogP contribution is 2.38. The molecular weight excluding hydrogens is 228 g/mol. The average Bonchev–Trinajstić information content (AvgIpc) is 2.78. The molecule has 0 bridgehead atoms. The summed E-state index contributed by atoms with van der Waals surface area (Å²) in [6.45, 7) is 6.58. The fourth-order valence-corrected chi connectivity index (χ4v) is 2.94. The van der Waals surface area contributed by atoms with E-state index in [0.717, 1.165) is 19.3 Å². The summed E-state index contributed by atoms with van der Waals surface area (Å²) in [4.78, 5) is 0. The molecule has 0 amide bonds. The van der Waals surface area contributed by atoms with Crippen LogP contribution < -0.4 is 0 Å². The topological polar surface area (TPSA) is 38.7 Å². The van der Waals surface area contributed by atoms with Gasteiger partial charge in [0.25, 0.3) is 0 Å². The molecule has 0 aromatic heterocycles. The zero-order valence-electron chi connectivity index (χ0n) is 11.6. The van der Waals surface area contributed by atoms with Gasteiger partial charge < -0.3 is 14.6 Å². The second-order valence-corrected chi connectivity index (χ2v) is 6.02. The van der Waals surface area contributed by atoms with Gasteiger partial charge in [0, 0.05) is 6.42 Å². The summed E-state index contributed by atoms with van der Waals surface area (Å²) in [5.74, 6) is 1.18. The Morgan fingerprint density at radius 3 is 2.67 bits per heavy atom. The van der Waals surface area contributed by atoms with Crippen LogP contribution in [0.1, 0.15) is 46.5 Å². The van der Waals surface area contributed by atoms with E-state index in [0.29, 0.717) is 18.3 Å². The molecule has 0 aromatic rings. The molecule has 2 aliphatic rings. The minimum Gasteiger partial charge on any atom is -0.459 e. The second kappa shape index (κ2) is 5.35. The highest BCUT2D eigenvalue weighted by molar-refractivity contribution is 5.15. The molecule has 0 spiro atoms. The Balaban J connectivity index is 1.93. The first-order valence-electron chi connectivity index (χ1n) is 6.85. The van der Waals surface area contributed by atoms with Gasteiger partial charge in [0.1, 0.15) is 12.5 Å². The highest BCUT2D eigenvalue weighted by Gasteiger charge is 2.34. The van der Waals surface area contributed by atoms with Crippen LogP contribution in [0.5, 0.6) is 0 Å². The van der Waals surface area contributed by atoms with Crippen molar-refractivity contribution in [3.05, 3.63) is 24.2 Å². The third-order valence-corrected chi connectivity index (χ3v) is 3.99. The monoisotopic (exact) mass is 252 g/mol. The van der Waals surface area contributed by atoms with Crippen LogP contribution in [0.3, 0.4) is 0 Å². The Morgan fingerprint density at radius 2 is 2.06 bits per heavy atom. The summed E-state index contributed by atoms with van der Waals surface area (Å²) in [5.41, 5.74) is 0.612. The van der Waals surface area contributed by atoms with Crippen molar-refractivity contribution in [1.29, 1.82) is 0 Å². The van der Waals surface area contributed by atoms with Crippen molar-refractivity contribution in [1.82, 2.24) is 0 Å². The van der Waals surface area contributed by atoms with Crippen molar-refractivity contribution in [3.8, 4) is 0 Å². The first-order chi connectivity index (χ1) is 8.48. The molecule has 3 heteroatoms. The second-order valence-electron chi connectivity index (χ2n) is 6.02. The number of hydrogen-bond acceptors (Lipinski definition) is 3. The van der Waals surface area contributed by atoms with E-state index in [1.54, 1.807) is 12.5 Å². The molecule has 1 aliphatic carbocycles. The Kier molecular flexibility index (Phi) is 4.00. The molecule has 0 saturated heterocycles. The summed E-state index contributed by atoms with van der Waals surface area (Å²) in [6.07, 6.45) is 8.32. The number of aliphatic hydroxyl groups is 1. The first kappa shape index (κ1) is 13.5. The molecule has 0 radical (unpaired) electrons. The number of ether oxygens (including phenoxy) is 2. The molecule has 0 aromatic carbocycles. The average molecular weight is 252 g/mol. The van der Waals surface area contributed by atoms with Gasteiger partial charge in [-0.05, 0) is 38.0 Å².